The number of hydrogen-bond donors (Lipinski definition) is 2. The largest absolute Gasteiger partial charge is 0.465 e. The number of anilines is 2. The van der Waals surface area contributed by atoms with Gasteiger partial charge in [-0.2, -0.15) is 0 Å². The summed E-state index contributed by atoms with van der Waals surface area (Å²) in [6.45, 7) is 5.83. The van der Waals surface area contributed by atoms with Gasteiger partial charge in [0.05, 0.1) is 23.0 Å². The highest BCUT2D eigenvalue weighted by Crippen LogP contribution is 2.32. The van der Waals surface area contributed by atoms with E-state index in [1.54, 1.807) is 18.3 Å². The van der Waals surface area contributed by atoms with Crippen molar-refractivity contribution in [2.24, 2.45) is 0 Å². The van der Waals surface area contributed by atoms with Crippen LogP contribution in [0, 0.1) is 0 Å². The predicted octanol–water partition coefficient (Wildman–Crippen LogP) is 4.00. The first-order chi connectivity index (χ1) is 17.0. The van der Waals surface area contributed by atoms with Crippen molar-refractivity contribution in [1.82, 2.24) is 15.2 Å². The van der Waals surface area contributed by atoms with Crippen molar-refractivity contribution in [1.29, 1.82) is 0 Å². The van der Waals surface area contributed by atoms with Crippen molar-refractivity contribution < 1.29 is 14.3 Å². The summed E-state index contributed by atoms with van der Waals surface area (Å²) in [6, 6.07) is 8.01. The molecular formula is C25H33N5O3S2. The number of rotatable bonds is 7. The molecule has 35 heavy (non-hydrogen) atoms. The summed E-state index contributed by atoms with van der Waals surface area (Å²) in [5.41, 5.74) is 2.38. The normalized spacial score (nSPS) is 16.6. The molecule has 1 aromatic heterocycles. The van der Waals surface area contributed by atoms with E-state index in [4.69, 9.17) is 17.0 Å². The maximum Gasteiger partial charge on any atom is 0.325 e. The van der Waals surface area contributed by atoms with E-state index in [0.717, 1.165) is 55.4 Å². The summed E-state index contributed by atoms with van der Waals surface area (Å²) >= 11 is 6.97. The number of piperidine rings is 2. The fraction of sp³-hybridized carbons (Fsp3) is 0.520. The minimum Gasteiger partial charge on any atom is -0.465 e. The molecule has 2 aliphatic rings. The van der Waals surface area contributed by atoms with Crippen LogP contribution >= 0.6 is 23.6 Å². The molecule has 3 heterocycles. The first-order valence-corrected chi connectivity index (χ1v) is 13.6. The molecule has 2 fully saturated rings. The van der Waals surface area contributed by atoms with Crippen molar-refractivity contribution in [3.05, 3.63) is 40.3 Å². The minimum absolute atomic E-state index is 0.0818. The highest BCUT2D eigenvalue weighted by atomic mass is 32.1. The molecule has 0 spiro atoms. The van der Waals surface area contributed by atoms with Crippen LogP contribution in [0.3, 0.4) is 0 Å². The Bertz CT molecular complexity index is 1030. The van der Waals surface area contributed by atoms with Gasteiger partial charge >= 0.3 is 5.97 Å². The number of hydrogen-bond acceptors (Lipinski definition) is 7. The van der Waals surface area contributed by atoms with Crippen LogP contribution in [0.2, 0.25) is 0 Å². The molecule has 1 aromatic carbocycles. The highest BCUT2D eigenvalue weighted by molar-refractivity contribution is 7.80. The third-order valence-electron chi connectivity index (χ3n) is 6.42. The topological polar surface area (TPSA) is 86.8 Å². The number of benzene rings is 1. The second-order valence-electron chi connectivity index (χ2n) is 8.82. The average Bonchev–Trinajstić information content (AvgIpc) is 3.39. The number of amides is 1. The monoisotopic (exact) mass is 515 g/mol. The summed E-state index contributed by atoms with van der Waals surface area (Å²) in [7, 11) is 0. The average molecular weight is 516 g/mol. The summed E-state index contributed by atoms with van der Waals surface area (Å²) in [6.07, 6.45) is 5.42. The van der Waals surface area contributed by atoms with E-state index in [1.807, 2.05) is 23.6 Å². The number of likely N-dealkylation sites (tertiary alicyclic amines) is 1. The molecule has 8 nitrogen and oxygen atoms in total. The Balaban J connectivity index is 1.30. The Labute approximate surface area is 216 Å². The fourth-order valence-electron chi connectivity index (χ4n) is 4.56. The van der Waals surface area contributed by atoms with E-state index in [1.165, 1.54) is 19.3 Å². The Morgan fingerprint density at radius 3 is 2.63 bits per heavy atom. The molecule has 188 valence electrons. The molecule has 2 N–H and O–H groups in total. The van der Waals surface area contributed by atoms with E-state index in [0.29, 0.717) is 23.3 Å². The van der Waals surface area contributed by atoms with Crippen molar-refractivity contribution in [2.45, 2.75) is 44.9 Å². The fourth-order valence-corrected chi connectivity index (χ4v) is 5.78. The van der Waals surface area contributed by atoms with Crippen LogP contribution in [0.15, 0.2) is 29.6 Å². The standard InChI is InChI=1S/C25H33N5O3S2/c1-2-33-22(31)16-26-25(34)30-14-10-18(11-15-30)24-28-20(17-35-24)23(32)27-19-8-4-5-9-21(19)29-12-6-3-7-13-29/h4-5,8-9,17-18H,2-3,6-7,10-16H2,1H3,(H,26,34)(H,27,32). The van der Waals surface area contributed by atoms with E-state index in [2.05, 4.69) is 31.5 Å². The van der Waals surface area contributed by atoms with Gasteiger partial charge in [0, 0.05) is 37.5 Å². The molecule has 0 saturated carbocycles. The number of nitrogens with zero attached hydrogens (tertiary/aromatic N) is 3. The zero-order valence-electron chi connectivity index (χ0n) is 20.1. The predicted molar refractivity (Wildman–Crippen MR) is 143 cm³/mol. The van der Waals surface area contributed by atoms with Gasteiger partial charge in [0.15, 0.2) is 5.11 Å². The van der Waals surface area contributed by atoms with Gasteiger partial charge in [-0.25, -0.2) is 4.98 Å². The first-order valence-electron chi connectivity index (χ1n) is 12.3. The van der Waals surface area contributed by atoms with Gasteiger partial charge in [0.25, 0.3) is 5.91 Å². The molecule has 0 radical (unpaired) electrons. The smallest absolute Gasteiger partial charge is 0.325 e. The van der Waals surface area contributed by atoms with Gasteiger partial charge in [-0.05, 0) is 63.4 Å². The number of aromatic nitrogens is 1. The molecule has 0 bridgehead atoms. The molecule has 0 aliphatic carbocycles. The molecule has 2 aliphatic heterocycles. The van der Waals surface area contributed by atoms with Crippen LogP contribution < -0.4 is 15.5 Å². The number of para-hydroxylation sites is 2. The van der Waals surface area contributed by atoms with E-state index >= 15 is 0 Å². The maximum atomic E-state index is 13.0. The summed E-state index contributed by atoms with van der Waals surface area (Å²) in [5, 5.41) is 9.48. The lowest BCUT2D eigenvalue weighted by atomic mass is 9.98. The second kappa shape index (κ2) is 12.3. The Morgan fingerprint density at radius 2 is 1.89 bits per heavy atom. The van der Waals surface area contributed by atoms with E-state index < -0.39 is 0 Å². The number of nitrogens with one attached hydrogen (secondary N) is 2. The molecule has 10 heteroatoms. The number of thiocarbonyl (C=S) groups is 1. The lowest BCUT2D eigenvalue weighted by Gasteiger charge is -2.33. The van der Waals surface area contributed by atoms with Gasteiger partial charge in [0.1, 0.15) is 12.2 Å². The third kappa shape index (κ3) is 6.70. The van der Waals surface area contributed by atoms with Crippen LogP contribution in [0.4, 0.5) is 11.4 Å². The van der Waals surface area contributed by atoms with Crippen LogP contribution in [-0.2, 0) is 9.53 Å². The number of carbonyl (C=O) groups is 2. The summed E-state index contributed by atoms with van der Waals surface area (Å²) in [5.74, 6) is -0.179. The molecule has 2 aromatic rings. The first kappa shape index (κ1) is 25.4. The number of ether oxygens (including phenoxy) is 1. The Morgan fingerprint density at radius 1 is 1.14 bits per heavy atom. The van der Waals surface area contributed by atoms with Gasteiger partial charge in [-0.1, -0.05) is 12.1 Å². The Kier molecular flexibility index (Phi) is 8.92. The lowest BCUT2D eigenvalue weighted by Crippen LogP contribution is -2.45. The van der Waals surface area contributed by atoms with Gasteiger partial charge in [-0.3, -0.25) is 9.59 Å². The number of esters is 1. The molecule has 4 rings (SSSR count). The van der Waals surface area contributed by atoms with Gasteiger partial charge < -0.3 is 25.2 Å². The quantitative estimate of drug-likeness (QED) is 0.423. The maximum absolute atomic E-state index is 13.0. The minimum atomic E-state index is -0.308. The van der Waals surface area contributed by atoms with Gasteiger partial charge in [-0.15, -0.1) is 11.3 Å². The van der Waals surface area contributed by atoms with Crippen LogP contribution in [0.25, 0.3) is 0 Å². The SMILES string of the molecule is CCOC(=O)CNC(=S)N1CCC(c2nc(C(=O)Nc3ccccc3N3CCCCC3)cs2)CC1. The van der Waals surface area contributed by atoms with Crippen molar-refractivity contribution in [3.8, 4) is 0 Å². The molecule has 2 saturated heterocycles. The molecule has 0 atom stereocenters. The van der Waals surface area contributed by atoms with Crippen LogP contribution in [-0.4, -0.2) is 66.2 Å². The van der Waals surface area contributed by atoms with Crippen LogP contribution in [0.5, 0.6) is 0 Å². The van der Waals surface area contributed by atoms with E-state index in [-0.39, 0.29) is 18.4 Å². The van der Waals surface area contributed by atoms with Crippen molar-refractivity contribution in [3.63, 3.8) is 0 Å². The number of thiazole rings is 1. The second-order valence-corrected chi connectivity index (χ2v) is 10.1. The molecule has 1 amide bonds. The zero-order valence-corrected chi connectivity index (χ0v) is 21.8. The van der Waals surface area contributed by atoms with Gasteiger partial charge in [0.2, 0.25) is 0 Å². The Hall–Kier alpha value is -2.72. The highest BCUT2D eigenvalue weighted by Gasteiger charge is 2.26. The zero-order chi connectivity index (χ0) is 24.6. The molecule has 0 unspecified atom stereocenters. The van der Waals surface area contributed by atoms with Crippen molar-refractivity contribution >= 4 is 51.9 Å². The summed E-state index contributed by atoms with van der Waals surface area (Å²) in [4.78, 5) is 33.7. The summed E-state index contributed by atoms with van der Waals surface area (Å²) < 4.78 is 4.93. The van der Waals surface area contributed by atoms with E-state index in [9.17, 15) is 9.59 Å². The molecular weight excluding hydrogens is 482 g/mol. The third-order valence-corrected chi connectivity index (χ3v) is 7.83. The van der Waals surface area contributed by atoms with Crippen LogP contribution in [0.1, 0.15) is 60.4 Å². The number of carbonyl (C=O) groups excluding carboxylic acids is 2. The lowest BCUT2D eigenvalue weighted by molar-refractivity contribution is -0.141. The van der Waals surface area contributed by atoms with Crippen molar-refractivity contribution in [2.75, 3.05) is 49.5 Å².